The van der Waals surface area contributed by atoms with Crippen LogP contribution in [-0.4, -0.2) is 17.7 Å². The summed E-state index contributed by atoms with van der Waals surface area (Å²) in [6, 6.07) is 20.9. The highest BCUT2D eigenvalue weighted by Gasteiger charge is 2.26. The van der Waals surface area contributed by atoms with Crippen molar-refractivity contribution in [2.75, 3.05) is 5.32 Å². The maximum absolute atomic E-state index is 13.0. The van der Waals surface area contributed by atoms with E-state index in [0.29, 0.717) is 16.1 Å². The Morgan fingerprint density at radius 1 is 0.844 bits per heavy atom. The molecule has 0 heterocycles. The fourth-order valence-corrected chi connectivity index (χ4v) is 3.41. The van der Waals surface area contributed by atoms with Crippen LogP contribution in [0.1, 0.15) is 46.0 Å². The van der Waals surface area contributed by atoms with Gasteiger partial charge in [0.2, 0.25) is 11.7 Å². The van der Waals surface area contributed by atoms with Crippen molar-refractivity contribution in [2.45, 2.75) is 32.8 Å². The van der Waals surface area contributed by atoms with Gasteiger partial charge >= 0.3 is 5.97 Å². The van der Waals surface area contributed by atoms with Crippen LogP contribution in [0, 0.1) is 13.8 Å². The minimum Gasteiger partial charge on any atom is -0.449 e. The molecule has 0 unspecified atom stereocenters. The summed E-state index contributed by atoms with van der Waals surface area (Å²) in [6.45, 7) is 3.81. The average Bonchev–Trinajstić information content (AvgIpc) is 2.79. The molecule has 3 rings (SSSR count). The molecule has 0 bridgehead atoms. The number of amides is 1. The van der Waals surface area contributed by atoms with Crippen molar-refractivity contribution in [2.24, 2.45) is 0 Å². The lowest BCUT2D eigenvalue weighted by Gasteiger charge is -2.18. The second-order valence-electron chi connectivity index (χ2n) is 7.47. The summed E-state index contributed by atoms with van der Waals surface area (Å²) in [7, 11) is 0. The van der Waals surface area contributed by atoms with Crippen molar-refractivity contribution in [3.8, 4) is 0 Å². The number of carbonyl (C=O) groups is 3. The summed E-state index contributed by atoms with van der Waals surface area (Å²) >= 11 is 5.95. The van der Waals surface area contributed by atoms with E-state index in [9.17, 15) is 14.4 Å². The Morgan fingerprint density at radius 2 is 1.47 bits per heavy atom. The van der Waals surface area contributed by atoms with E-state index in [1.54, 1.807) is 54.6 Å². The van der Waals surface area contributed by atoms with E-state index in [2.05, 4.69) is 5.32 Å². The Labute approximate surface area is 192 Å². The van der Waals surface area contributed by atoms with E-state index in [-0.39, 0.29) is 24.5 Å². The van der Waals surface area contributed by atoms with Crippen molar-refractivity contribution in [1.82, 2.24) is 0 Å². The monoisotopic (exact) mass is 449 g/mol. The predicted molar refractivity (Wildman–Crippen MR) is 125 cm³/mol. The van der Waals surface area contributed by atoms with Crippen LogP contribution >= 0.6 is 11.6 Å². The normalized spacial score (nSPS) is 11.5. The molecular formula is C26H24ClNO4. The second-order valence-corrected chi connectivity index (χ2v) is 7.90. The Bertz CT molecular complexity index is 1090. The van der Waals surface area contributed by atoms with E-state index >= 15 is 0 Å². The first-order chi connectivity index (χ1) is 15.3. The van der Waals surface area contributed by atoms with E-state index in [1.807, 2.05) is 32.0 Å². The predicted octanol–water partition coefficient (Wildman–Crippen LogP) is 5.84. The lowest BCUT2D eigenvalue weighted by molar-refractivity contribution is -0.148. The van der Waals surface area contributed by atoms with E-state index < -0.39 is 12.1 Å². The molecule has 0 spiro atoms. The van der Waals surface area contributed by atoms with Gasteiger partial charge in [-0.3, -0.25) is 14.4 Å². The molecule has 164 valence electrons. The molecule has 3 aromatic rings. The number of para-hydroxylation sites is 1. The number of halogens is 1. The fraction of sp³-hybridized carbons (Fsp3) is 0.192. The van der Waals surface area contributed by atoms with Gasteiger partial charge in [-0.2, -0.15) is 0 Å². The molecule has 0 aliphatic heterocycles. The number of carbonyl (C=O) groups excluding carboxylic acids is 3. The molecule has 1 atom stereocenters. The van der Waals surface area contributed by atoms with Gasteiger partial charge in [0.25, 0.3) is 0 Å². The molecule has 0 fully saturated rings. The van der Waals surface area contributed by atoms with Crippen LogP contribution in [-0.2, 0) is 14.3 Å². The van der Waals surface area contributed by atoms with Crippen LogP contribution in [0.2, 0.25) is 5.02 Å². The largest absolute Gasteiger partial charge is 0.449 e. The first-order valence-electron chi connectivity index (χ1n) is 10.3. The number of rotatable bonds is 8. The standard InChI is InChI=1S/C26H24ClNO4/c1-17-7-6-8-18(2)24(17)28-22(29)15-16-23(30)32-26(20-11-13-21(27)14-12-20)25(31)19-9-4-3-5-10-19/h3-14,26H,15-16H2,1-2H3,(H,28,29)/t26-/m0/s1. The Kier molecular flexibility index (Phi) is 7.79. The molecule has 3 aromatic carbocycles. The van der Waals surface area contributed by atoms with Gasteiger partial charge in [-0.15, -0.1) is 0 Å². The van der Waals surface area contributed by atoms with Crippen molar-refractivity contribution < 1.29 is 19.1 Å². The zero-order chi connectivity index (χ0) is 23.1. The summed E-state index contributed by atoms with van der Waals surface area (Å²) in [6.07, 6.45) is -1.33. The number of Topliss-reactive ketones (excluding diaryl/α,β-unsaturated/α-hetero) is 1. The van der Waals surface area contributed by atoms with Crippen molar-refractivity contribution in [3.05, 3.63) is 100 Å². The highest BCUT2D eigenvalue weighted by Crippen LogP contribution is 2.25. The van der Waals surface area contributed by atoms with Gasteiger partial charge in [0, 0.05) is 28.3 Å². The number of anilines is 1. The van der Waals surface area contributed by atoms with E-state index in [0.717, 1.165) is 16.8 Å². The molecule has 0 aliphatic rings. The van der Waals surface area contributed by atoms with Crippen LogP contribution in [0.25, 0.3) is 0 Å². The number of esters is 1. The summed E-state index contributed by atoms with van der Waals surface area (Å²) in [5, 5.41) is 3.35. The summed E-state index contributed by atoms with van der Waals surface area (Å²) in [4.78, 5) is 37.9. The quantitative estimate of drug-likeness (QED) is 0.346. The SMILES string of the molecule is Cc1cccc(C)c1NC(=O)CCC(=O)O[C@H](C(=O)c1ccccc1)c1ccc(Cl)cc1. The van der Waals surface area contributed by atoms with Gasteiger partial charge in [-0.1, -0.05) is 72.3 Å². The smallest absolute Gasteiger partial charge is 0.307 e. The molecule has 5 nitrogen and oxygen atoms in total. The third kappa shape index (κ3) is 6.05. The van der Waals surface area contributed by atoms with Crippen molar-refractivity contribution >= 4 is 34.9 Å². The molecular weight excluding hydrogens is 426 g/mol. The van der Waals surface area contributed by atoms with Gasteiger partial charge in [-0.05, 0) is 37.1 Å². The Hall–Kier alpha value is -3.44. The lowest BCUT2D eigenvalue weighted by Crippen LogP contribution is -2.21. The van der Waals surface area contributed by atoms with Gasteiger partial charge < -0.3 is 10.1 Å². The van der Waals surface area contributed by atoms with E-state index in [1.165, 1.54) is 0 Å². The molecule has 1 N–H and O–H groups in total. The van der Waals surface area contributed by atoms with Crippen molar-refractivity contribution in [3.63, 3.8) is 0 Å². The minimum absolute atomic E-state index is 0.0561. The molecule has 32 heavy (non-hydrogen) atoms. The topological polar surface area (TPSA) is 72.5 Å². The minimum atomic E-state index is -1.12. The first kappa shape index (κ1) is 23.2. The van der Waals surface area contributed by atoms with Gasteiger partial charge in [0.1, 0.15) is 0 Å². The van der Waals surface area contributed by atoms with Gasteiger partial charge in [-0.25, -0.2) is 0 Å². The third-order valence-electron chi connectivity index (χ3n) is 5.02. The number of nitrogens with one attached hydrogen (secondary N) is 1. The maximum Gasteiger partial charge on any atom is 0.307 e. The van der Waals surface area contributed by atoms with Crippen molar-refractivity contribution in [1.29, 1.82) is 0 Å². The highest BCUT2D eigenvalue weighted by molar-refractivity contribution is 6.30. The number of ether oxygens (including phenoxy) is 1. The average molecular weight is 450 g/mol. The van der Waals surface area contributed by atoms with Crippen LogP contribution < -0.4 is 5.32 Å². The summed E-state index contributed by atoms with van der Waals surface area (Å²) < 4.78 is 5.53. The Balaban J connectivity index is 1.68. The first-order valence-corrected chi connectivity index (χ1v) is 10.6. The third-order valence-corrected chi connectivity index (χ3v) is 5.27. The Morgan fingerprint density at radius 3 is 2.09 bits per heavy atom. The molecule has 0 aliphatic carbocycles. The zero-order valence-electron chi connectivity index (χ0n) is 17.9. The number of aryl methyl sites for hydroxylation is 2. The second kappa shape index (κ2) is 10.7. The van der Waals surface area contributed by atoms with Crippen LogP contribution in [0.15, 0.2) is 72.8 Å². The molecule has 1 amide bonds. The molecule has 0 radical (unpaired) electrons. The van der Waals surface area contributed by atoms with Gasteiger partial charge in [0.05, 0.1) is 6.42 Å². The summed E-state index contributed by atoms with van der Waals surface area (Å²) in [5.41, 5.74) is 3.56. The lowest BCUT2D eigenvalue weighted by atomic mass is 10.00. The number of ketones is 1. The van der Waals surface area contributed by atoms with E-state index in [4.69, 9.17) is 16.3 Å². The number of benzene rings is 3. The molecule has 0 aromatic heterocycles. The van der Waals surface area contributed by atoms with Gasteiger partial charge in [0.15, 0.2) is 6.10 Å². The molecule has 0 saturated carbocycles. The molecule has 0 saturated heterocycles. The summed E-state index contributed by atoms with van der Waals surface area (Å²) in [5.74, 6) is -1.27. The maximum atomic E-state index is 13.0. The zero-order valence-corrected chi connectivity index (χ0v) is 18.7. The number of hydrogen-bond donors (Lipinski definition) is 1. The van der Waals surface area contributed by atoms with Crippen LogP contribution in [0.5, 0.6) is 0 Å². The highest BCUT2D eigenvalue weighted by atomic mass is 35.5. The van der Waals surface area contributed by atoms with Crippen LogP contribution in [0.4, 0.5) is 5.69 Å². The molecule has 6 heteroatoms. The fourth-order valence-electron chi connectivity index (χ4n) is 3.28. The van der Waals surface area contributed by atoms with Crippen LogP contribution in [0.3, 0.4) is 0 Å². The number of hydrogen-bond acceptors (Lipinski definition) is 4.